The van der Waals surface area contributed by atoms with Gasteiger partial charge in [-0.05, 0) is 30.5 Å². The molecule has 1 aliphatic rings. The molecule has 1 fully saturated rings. The van der Waals surface area contributed by atoms with Gasteiger partial charge in [0.15, 0.2) is 0 Å². The summed E-state index contributed by atoms with van der Waals surface area (Å²) in [6.45, 7) is 0.750. The zero-order chi connectivity index (χ0) is 18.5. The second kappa shape index (κ2) is 9.62. The number of nitrogens with two attached hydrogens (primary N) is 1. The number of benzene rings is 2. The van der Waals surface area contributed by atoms with E-state index in [2.05, 4.69) is 0 Å². The van der Waals surface area contributed by atoms with Crippen LogP contribution in [-0.4, -0.2) is 31.6 Å². The van der Waals surface area contributed by atoms with Gasteiger partial charge in [0, 0.05) is 30.6 Å². The number of likely N-dealkylation sites (tertiary alicyclic amines) is 1. The van der Waals surface area contributed by atoms with E-state index in [4.69, 9.17) is 15.2 Å². The van der Waals surface area contributed by atoms with Crippen LogP contribution in [-0.2, 0) is 4.79 Å². The van der Waals surface area contributed by atoms with Gasteiger partial charge in [-0.3, -0.25) is 4.79 Å². The van der Waals surface area contributed by atoms with Gasteiger partial charge in [-0.25, -0.2) is 0 Å². The summed E-state index contributed by atoms with van der Waals surface area (Å²) in [5.41, 5.74) is 8.26. The van der Waals surface area contributed by atoms with Crippen molar-refractivity contribution in [1.29, 1.82) is 0 Å². The second-order valence-corrected chi connectivity index (χ2v) is 6.57. The first-order chi connectivity index (χ1) is 12.6. The molecule has 2 aromatic carbocycles. The van der Waals surface area contributed by atoms with Gasteiger partial charge in [0.1, 0.15) is 11.5 Å². The number of carbonyl (C=O) groups excluding carboxylic acids is 1. The van der Waals surface area contributed by atoms with Crippen LogP contribution in [0.2, 0.25) is 0 Å². The highest BCUT2D eigenvalue weighted by atomic mass is 35.5. The number of carbonyl (C=O) groups is 1. The number of nitrogens with zero attached hydrogens (tertiary/aromatic N) is 1. The van der Waals surface area contributed by atoms with Crippen LogP contribution in [0.5, 0.6) is 11.5 Å². The molecule has 146 valence electrons. The van der Waals surface area contributed by atoms with Gasteiger partial charge >= 0.3 is 0 Å². The van der Waals surface area contributed by atoms with Crippen LogP contribution in [0, 0.1) is 0 Å². The highest BCUT2D eigenvalue weighted by Gasteiger charge is 2.32. The molecule has 27 heavy (non-hydrogen) atoms. The summed E-state index contributed by atoms with van der Waals surface area (Å²) in [6.07, 6.45) is 2.21. The minimum Gasteiger partial charge on any atom is -0.497 e. The second-order valence-electron chi connectivity index (χ2n) is 6.57. The number of halogens is 1. The number of rotatable bonds is 6. The van der Waals surface area contributed by atoms with Crippen LogP contribution in [0.3, 0.4) is 0 Å². The molecule has 1 aliphatic heterocycles. The van der Waals surface area contributed by atoms with Gasteiger partial charge in [-0.1, -0.05) is 30.3 Å². The van der Waals surface area contributed by atoms with E-state index >= 15 is 0 Å². The van der Waals surface area contributed by atoms with E-state index in [-0.39, 0.29) is 30.4 Å². The average molecular weight is 391 g/mol. The molecule has 2 unspecified atom stereocenters. The number of methoxy groups -OCH3 is 2. The first kappa shape index (κ1) is 21.1. The third-order valence-corrected chi connectivity index (χ3v) is 5.00. The molecule has 0 aliphatic carbocycles. The first-order valence-corrected chi connectivity index (χ1v) is 8.96. The maximum atomic E-state index is 12.9. The Morgan fingerprint density at radius 1 is 1.19 bits per heavy atom. The molecule has 1 saturated heterocycles. The predicted molar refractivity (Wildman–Crippen MR) is 108 cm³/mol. The highest BCUT2D eigenvalue weighted by Crippen LogP contribution is 2.39. The average Bonchev–Trinajstić information content (AvgIpc) is 3.17. The maximum Gasteiger partial charge on any atom is 0.224 e. The van der Waals surface area contributed by atoms with Crippen LogP contribution in [0.25, 0.3) is 0 Å². The fraction of sp³-hybridized carbons (Fsp3) is 0.381. The summed E-state index contributed by atoms with van der Waals surface area (Å²) in [5, 5.41) is 0. The number of hydrogen-bond donors (Lipinski definition) is 1. The molecule has 1 heterocycles. The van der Waals surface area contributed by atoms with Crippen molar-refractivity contribution in [3.05, 3.63) is 59.7 Å². The Morgan fingerprint density at radius 3 is 2.59 bits per heavy atom. The molecular formula is C21H27ClN2O3. The SMILES string of the molecule is COc1ccc(C2CCCN2C(=O)CC(N)c2ccccc2)c(OC)c1.Cl. The lowest BCUT2D eigenvalue weighted by Crippen LogP contribution is -2.33. The van der Waals surface area contributed by atoms with Crippen molar-refractivity contribution < 1.29 is 14.3 Å². The zero-order valence-corrected chi connectivity index (χ0v) is 16.6. The summed E-state index contributed by atoms with van der Waals surface area (Å²) < 4.78 is 10.8. The predicted octanol–water partition coefficient (Wildman–Crippen LogP) is 3.88. The molecule has 3 rings (SSSR count). The maximum absolute atomic E-state index is 12.9. The number of hydrogen-bond acceptors (Lipinski definition) is 4. The fourth-order valence-corrected chi connectivity index (χ4v) is 3.61. The normalized spacial score (nSPS) is 17.1. The first-order valence-electron chi connectivity index (χ1n) is 8.96. The lowest BCUT2D eigenvalue weighted by atomic mass is 10.0. The van der Waals surface area contributed by atoms with E-state index in [9.17, 15) is 4.79 Å². The monoisotopic (exact) mass is 390 g/mol. The van der Waals surface area contributed by atoms with Crippen LogP contribution < -0.4 is 15.2 Å². The van der Waals surface area contributed by atoms with Crippen molar-refractivity contribution >= 4 is 18.3 Å². The van der Waals surface area contributed by atoms with Crippen LogP contribution in [0.15, 0.2) is 48.5 Å². The smallest absolute Gasteiger partial charge is 0.224 e. The van der Waals surface area contributed by atoms with E-state index in [1.807, 2.05) is 53.4 Å². The summed E-state index contributed by atoms with van der Waals surface area (Å²) >= 11 is 0. The van der Waals surface area contributed by atoms with Gasteiger partial charge in [0.25, 0.3) is 0 Å². The minimum atomic E-state index is -0.289. The topological polar surface area (TPSA) is 64.8 Å². The van der Waals surface area contributed by atoms with Gasteiger partial charge in [-0.2, -0.15) is 0 Å². The largest absolute Gasteiger partial charge is 0.497 e. The Balaban J connectivity index is 0.00000261. The van der Waals surface area contributed by atoms with Gasteiger partial charge in [0.2, 0.25) is 5.91 Å². The standard InChI is InChI=1S/C21H26N2O3.ClH/c1-25-16-10-11-17(20(13-16)26-2)19-9-6-12-23(19)21(24)14-18(22)15-7-4-3-5-8-15;/h3-5,7-8,10-11,13,18-19H,6,9,12,14,22H2,1-2H3;1H. The van der Waals surface area contributed by atoms with E-state index < -0.39 is 0 Å². The molecule has 2 atom stereocenters. The lowest BCUT2D eigenvalue weighted by molar-refractivity contribution is -0.132. The molecule has 6 heteroatoms. The summed E-state index contributed by atoms with van der Waals surface area (Å²) in [6, 6.07) is 15.3. The molecule has 0 aromatic heterocycles. The number of amides is 1. The van der Waals surface area contributed by atoms with Crippen molar-refractivity contribution in [1.82, 2.24) is 4.90 Å². The van der Waals surface area contributed by atoms with Crippen molar-refractivity contribution in [3.63, 3.8) is 0 Å². The minimum absolute atomic E-state index is 0. The van der Waals surface area contributed by atoms with Crippen molar-refractivity contribution in [2.24, 2.45) is 5.73 Å². The molecule has 1 amide bonds. The van der Waals surface area contributed by atoms with Crippen LogP contribution >= 0.6 is 12.4 Å². The van der Waals surface area contributed by atoms with Crippen molar-refractivity contribution in [2.75, 3.05) is 20.8 Å². The number of ether oxygens (including phenoxy) is 2. The third kappa shape index (κ3) is 4.73. The molecular weight excluding hydrogens is 364 g/mol. The molecule has 0 bridgehead atoms. The molecule has 0 saturated carbocycles. The van der Waals surface area contributed by atoms with E-state index in [0.717, 1.165) is 42.0 Å². The van der Waals surface area contributed by atoms with E-state index in [0.29, 0.717) is 6.42 Å². The van der Waals surface area contributed by atoms with Gasteiger partial charge < -0.3 is 20.1 Å². The Labute approximate surface area is 166 Å². The zero-order valence-electron chi connectivity index (χ0n) is 15.8. The van der Waals surface area contributed by atoms with E-state index in [1.165, 1.54) is 0 Å². The van der Waals surface area contributed by atoms with Crippen LogP contribution in [0.4, 0.5) is 0 Å². The Morgan fingerprint density at radius 2 is 1.93 bits per heavy atom. The van der Waals surface area contributed by atoms with Crippen molar-refractivity contribution in [2.45, 2.75) is 31.3 Å². The Kier molecular flexibility index (Phi) is 7.51. The molecule has 2 N–H and O–H groups in total. The fourth-order valence-electron chi connectivity index (χ4n) is 3.61. The molecule has 2 aromatic rings. The quantitative estimate of drug-likeness (QED) is 0.812. The van der Waals surface area contributed by atoms with Crippen molar-refractivity contribution in [3.8, 4) is 11.5 Å². The van der Waals surface area contributed by atoms with Crippen LogP contribution in [0.1, 0.15) is 42.5 Å². The summed E-state index contributed by atoms with van der Waals surface area (Å²) in [7, 11) is 3.27. The third-order valence-electron chi connectivity index (χ3n) is 5.00. The van der Waals surface area contributed by atoms with E-state index in [1.54, 1.807) is 14.2 Å². The Hall–Kier alpha value is -2.24. The molecule has 0 spiro atoms. The molecule has 0 radical (unpaired) electrons. The summed E-state index contributed by atoms with van der Waals surface area (Å²) in [4.78, 5) is 14.9. The van der Waals surface area contributed by atoms with Gasteiger partial charge in [-0.15, -0.1) is 12.4 Å². The Bertz CT molecular complexity index is 754. The lowest BCUT2D eigenvalue weighted by Gasteiger charge is -2.27. The highest BCUT2D eigenvalue weighted by molar-refractivity contribution is 5.85. The van der Waals surface area contributed by atoms with Gasteiger partial charge in [0.05, 0.1) is 20.3 Å². The molecule has 5 nitrogen and oxygen atoms in total. The summed E-state index contributed by atoms with van der Waals surface area (Å²) in [5.74, 6) is 1.58.